The molecular formula is C15H21NO2. The third-order valence-corrected chi connectivity index (χ3v) is 3.92. The fraction of sp³-hybridized carbons (Fsp3) is 0.533. The predicted octanol–water partition coefficient (Wildman–Crippen LogP) is 2.95. The van der Waals surface area contributed by atoms with Gasteiger partial charge in [-0.05, 0) is 36.5 Å². The van der Waals surface area contributed by atoms with Crippen molar-refractivity contribution >= 4 is 5.91 Å². The van der Waals surface area contributed by atoms with Crippen molar-refractivity contribution in [3.8, 4) is 5.75 Å². The standard InChI is InChI=1S/C15H21NO2/c1-11-5-2-3-6-13(11)10-16-15(18)12-7-4-8-14(17)9-12/h4,7-9,11,13,17H,2-3,5-6,10H2,1H3,(H,16,18). The van der Waals surface area contributed by atoms with Gasteiger partial charge in [0.2, 0.25) is 0 Å². The number of nitrogens with one attached hydrogen (secondary N) is 1. The number of rotatable bonds is 3. The molecule has 1 aliphatic carbocycles. The Hall–Kier alpha value is -1.51. The summed E-state index contributed by atoms with van der Waals surface area (Å²) in [6.45, 7) is 3.01. The minimum absolute atomic E-state index is 0.0938. The van der Waals surface area contributed by atoms with E-state index in [2.05, 4.69) is 12.2 Å². The molecule has 0 bridgehead atoms. The first-order valence-corrected chi connectivity index (χ1v) is 6.74. The van der Waals surface area contributed by atoms with Crippen molar-refractivity contribution in [3.05, 3.63) is 29.8 Å². The van der Waals surface area contributed by atoms with Crippen LogP contribution in [0.1, 0.15) is 43.0 Å². The van der Waals surface area contributed by atoms with E-state index in [4.69, 9.17) is 0 Å². The van der Waals surface area contributed by atoms with Gasteiger partial charge < -0.3 is 10.4 Å². The van der Waals surface area contributed by atoms with Crippen molar-refractivity contribution < 1.29 is 9.90 Å². The van der Waals surface area contributed by atoms with Gasteiger partial charge in [-0.1, -0.05) is 32.3 Å². The van der Waals surface area contributed by atoms with Crippen LogP contribution < -0.4 is 5.32 Å². The van der Waals surface area contributed by atoms with Gasteiger partial charge in [0.05, 0.1) is 0 Å². The molecule has 1 fully saturated rings. The topological polar surface area (TPSA) is 49.3 Å². The van der Waals surface area contributed by atoms with Crippen LogP contribution >= 0.6 is 0 Å². The van der Waals surface area contributed by atoms with Crippen LogP contribution in [0.2, 0.25) is 0 Å². The van der Waals surface area contributed by atoms with E-state index in [1.807, 2.05) is 0 Å². The van der Waals surface area contributed by atoms with Gasteiger partial charge in [-0.2, -0.15) is 0 Å². The lowest BCUT2D eigenvalue weighted by molar-refractivity contribution is 0.0936. The number of amides is 1. The van der Waals surface area contributed by atoms with Crippen LogP contribution in [0, 0.1) is 11.8 Å². The molecule has 1 aromatic rings. The first-order valence-electron chi connectivity index (χ1n) is 6.74. The maximum atomic E-state index is 11.9. The van der Waals surface area contributed by atoms with E-state index in [0.29, 0.717) is 17.4 Å². The molecule has 1 aromatic carbocycles. The zero-order chi connectivity index (χ0) is 13.0. The highest BCUT2D eigenvalue weighted by Gasteiger charge is 2.21. The van der Waals surface area contributed by atoms with E-state index >= 15 is 0 Å². The molecule has 1 saturated carbocycles. The Morgan fingerprint density at radius 3 is 2.89 bits per heavy atom. The quantitative estimate of drug-likeness (QED) is 0.862. The summed E-state index contributed by atoms with van der Waals surface area (Å²) in [5.74, 6) is 1.33. The molecule has 3 nitrogen and oxygen atoms in total. The molecular weight excluding hydrogens is 226 g/mol. The molecule has 18 heavy (non-hydrogen) atoms. The number of carbonyl (C=O) groups is 1. The van der Waals surface area contributed by atoms with Crippen LogP contribution in [0.5, 0.6) is 5.75 Å². The smallest absolute Gasteiger partial charge is 0.251 e. The van der Waals surface area contributed by atoms with Crippen molar-refractivity contribution in [3.63, 3.8) is 0 Å². The van der Waals surface area contributed by atoms with Gasteiger partial charge in [-0.25, -0.2) is 0 Å². The fourth-order valence-electron chi connectivity index (χ4n) is 2.67. The zero-order valence-electron chi connectivity index (χ0n) is 10.9. The molecule has 0 heterocycles. The minimum Gasteiger partial charge on any atom is -0.508 e. The first-order chi connectivity index (χ1) is 8.66. The van der Waals surface area contributed by atoms with Crippen molar-refractivity contribution in [1.29, 1.82) is 0 Å². The second-order valence-corrected chi connectivity index (χ2v) is 5.28. The van der Waals surface area contributed by atoms with Crippen LogP contribution in [0.15, 0.2) is 24.3 Å². The fourth-order valence-corrected chi connectivity index (χ4v) is 2.67. The van der Waals surface area contributed by atoms with Crippen molar-refractivity contribution in [2.24, 2.45) is 11.8 Å². The van der Waals surface area contributed by atoms with Gasteiger partial charge in [-0.3, -0.25) is 4.79 Å². The molecule has 1 aliphatic rings. The van der Waals surface area contributed by atoms with Gasteiger partial charge in [0, 0.05) is 12.1 Å². The maximum absolute atomic E-state index is 11.9. The van der Waals surface area contributed by atoms with Crippen molar-refractivity contribution in [1.82, 2.24) is 5.32 Å². The highest BCUT2D eigenvalue weighted by molar-refractivity contribution is 5.94. The number of hydrogen-bond donors (Lipinski definition) is 2. The van der Waals surface area contributed by atoms with Gasteiger partial charge in [-0.15, -0.1) is 0 Å². The van der Waals surface area contributed by atoms with E-state index < -0.39 is 0 Å². The average Bonchev–Trinajstić information content (AvgIpc) is 2.37. The highest BCUT2D eigenvalue weighted by atomic mass is 16.3. The number of hydrogen-bond acceptors (Lipinski definition) is 2. The first kappa shape index (κ1) is 12.9. The molecule has 2 N–H and O–H groups in total. The zero-order valence-corrected chi connectivity index (χ0v) is 10.9. The second-order valence-electron chi connectivity index (χ2n) is 5.28. The Bertz CT molecular complexity index is 417. The van der Waals surface area contributed by atoms with Crippen LogP contribution in [0.4, 0.5) is 0 Å². The van der Waals surface area contributed by atoms with E-state index in [-0.39, 0.29) is 11.7 Å². The van der Waals surface area contributed by atoms with Crippen LogP contribution in [0.25, 0.3) is 0 Å². The van der Waals surface area contributed by atoms with E-state index in [1.54, 1.807) is 18.2 Å². The Balaban J connectivity index is 1.88. The molecule has 2 rings (SSSR count). The van der Waals surface area contributed by atoms with Gasteiger partial charge in [0.1, 0.15) is 5.75 Å². The summed E-state index contributed by atoms with van der Waals surface area (Å²) in [4.78, 5) is 11.9. The van der Waals surface area contributed by atoms with Crippen molar-refractivity contribution in [2.45, 2.75) is 32.6 Å². The van der Waals surface area contributed by atoms with E-state index in [1.165, 1.54) is 31.7 Å². The summed E-state index contributed by atoms with van der Waals surface area (Å²) in [5.41, 5.74) is 0.526. The predicted molar refractivity (Wildman–Crippen MR) is 71.6 cm³/mol. The summed E-state index contributed by atoms with van der Waals surface area (Å²) in [5, 5.41) is 12.3. The number of carbonyl (C=O) groups excluding carboxylic acids is 1. The van der Waals surface area contributed by atoms with E-state index in [9.17, 15) is 9.90 Å². The molecule has 2 atom stereocenters. The summed E-state index contributed by atoms with van der Waals surface area (Å²) < 4.78 is 0. The monoisotopic (exact) mass is 247 g/mol. The lowest BCUT2D eigenvalue weighted by atomic mass is 9.80. The minimum atomic E-state index is -0.0938. The van der Waals surface area contributed by atoms with Gasteiger partial charge in [0.15, 0.2) is 0 Å². The molecule has 98 valence electrons. The third kappa shape index (κ3) is 3.25. The number of phenols is 1. The molecule has 3 heteroatoms. The summed E-state index contributed by atoms with van der Waals surface area (Å²) >= 11 is 0. The van der Waals surface area contributed by atoms with E-state index in [0.717, 1.165) is 6.54 Å². The average molecular weight is 247 g/mol. The lowest BCUT2D eigenvalue weighted by Gasteiger charge is -2.28. The van der Waals surface area contributed by atoms with Crippen LogP contribution in [0.3, 0.4) is 0 Å². The Morgan fingerprint density at radius 2 is 2.17 bits per heavy atom. The molecule has 0 radical (unpaired) electrons. The number of phenolic OH excluding ortho intramolecular Hbond substituents is 1. The lowest BCUT2D eigenvalue weighted by Crippen LogP contribution is -2.33. The molecule has 0 aliphatic heterocycles. The second kappa shape index (κ2) is 5.89. The number of benzene rings is 1. The Labute approximate surface area is 108 Å². The molecule has 0 spiro atoms. The third-order valence-electron chi connectivity index (χ3n) is 3.92. The summed E-state index contributed by atoms with van der Waals surface area (Å²) in [6.07, 6.45) is 5.07. The van der Waals surface area contributed by atoms with Crippen molar-refractivity contribution in [2.75, 3.05) is 6.54 Å². The Kier molecular flexibility index (Phi) is 4.24. The van der Waals surface area contributed by atoms with Crippen LogP contribution in [-0.2, 0) is 0 Å². The van der Waals surface area contributed by atoms with Crippen LogP contribution in [-0.4, -0.2) is 17.6 Å². The SMILES string of the molecule is CC1CCCCC1CNC(=O)c1cccc(O)c1. The summed E-state index contributed by atoms with van der Waals surface area (Å²) in [7, 11) is 0. The summed E-state index contributed by atoms with van der Waals surface area (Å²) in [6, 6.07) is 6.48. The van der Waals surface area contributed by atoms with Gasteiger partial charge >= 0.3 is 0 Å². The molecule has 2 unspecified atom stereocenters. The number of aromatic hydroxyl groups is 1. The molecule has 0 saturated heterocycles. The molecule has 1 amide bonds. The molecule has 0 aromatic heterocycles. The largest absolute Gasteiger partial charge is 0.508 e. The highest BCUT2D eigenvalue weighted by Crippen LogP contribution is 2.28. The maximum Gasteiger partial charge on any atom is 0.251 e. The van der Waals surface area contributed by atoms with Gasteiger partial charge in [0.25, 0.3) is 5.91 Å². The Morgan fingerprint density at radius 1 is 1.39 bits per heavy atom. The normalized spacial score (nSPS) is 23.6.